The second-order valence-corrected chi connectivity index (χ2v) is 8.67. The maximum absolute atomic E-state index is 11.5. The summed E-state index contributed by atoms with van der Waals surface area (Å²) in [7, 11) is 0. The maximum Gasteiger partial charge on any atom is 0.335 e. The van der Waals surface area contributed by atoms with E-state index in [1.807, 2.05) is 24.3 Å². The third kappa shape index (κ3) is 4.58. The number of benzene rings is 1. The quantitative estimate of drug-likeness (QED) is 0.438. The number of carboxylic acid groups (broad SMARTS) is 2. The van der Waals surface area contributed by atoms with Crippen molar-refractivity contribution in [2.24, 2.45) is 5.92 Å². The summed E-state index contributed by atoms with van der Waals surface area (Å²) in [4.78, 5) is 29.5. The highest BCUT2D eigenvalue weighted by Crippen LogP contribution is 2.40. The number of thiocarbonyl (C=S) groups is 1. The second-order valence-electron chi connectivity index (χ2n) is 8.28. The fraction of sp³-hybridized carbons (Fsp3) is 0.250. The van der Waals surface area contributed by atoms with Crippen LogP contribution in [0.5, 0.6) is 0 Å². The Balaban J connectivity index is 1.77. The van der Waals surface area contributed by atoms with Crippen LogP contribution in [0.15, 0.2) is 59.1 Å². The van der Waals surface area contributed by atoms with Gasteiger partial charge in [-0.1, -0.05) is 19.9 Å². The summed E-state index contributed by atoms with van der Waals surface area (Å²) in [6.45, 7) is 4.91. The molecule has 9 heteroatoms. The molecule has 1 aliphatic rings. The van der Waals surface area contributed by atoms with Crippen LogP contribution in [-0.4, -0.2) is 43.7 Å². The van der Waals surface area contributed by atoms with Crippen LogP contribution in [0, 0.1) is 5.92 Å². The van der Waals surface area contributed by atoms with E-state index in [9.17, 15) is 19.8 Å². The van der Waals surface area contributed by atoms with Gasteiger partial charge in [0.2, 0.25) is 0 Å². The predicted octanol–water partition coefficient (Wildman–Crippen LogP) is 4.37. The Kier molecular flexibility index (Phi) is 6.15. The third-order valence-electron chi connectivity index (χ3n) is 5.39. The lowest BCUT2D eigenvalue weighted by molar-refractivity contribution is 0.0696. The lowest BCUT2D eigenvalue weighted by Crippen LogP contribution is -2.32. The van der Waals surface area contributed by atoms with Gasteiger partial charge >= 0.3 is 11.9 Å². The van der Waals surface area contributed by atoms with Crippen LogP contribution in [0.3, 0.4) is 0 Å². The first kappa shape index (κ1) is 22.5. The number of carbonyl (C=O) groups is 2. The van der Waals surface area contributed by atoms with E-state index < -0.39 is 11.9 Å². The van der Waals surface area contributed by atoms with Crippen molar-refractivity contribution in [1.29, 1.82) is 0 Å². The molecule has 0 radical (unpaired) electrons. The number of carboxylic acids is 2. The van der Waals surface area contributed by atoms with Crippen LogP contribution in [0.2, 0.25) is 0 Å². The molecular weight excluding hydrogens is 442 g/mol. The molecule has 4 rings (SSSR count). The highest BCUT2D eigenvalue weighted by molar-refractivity contribution is 7.80. The predicted molar refractivity (Wildman–Crippen MR) is 125 cm³/mol. The topological polar surface area (TPSA) is 116 Å². The molecule has 1 aromatic carbocycles. The van der Waals surface area contributed by atoms with Crippen LogP contribution < -0.4 is 5.32 Å². The summed E-state index contributed by atoms with van der Waals surface area (Å²) < 4.78 is 6.18. The molecule has 170 valence electrons. The van der Waals surface area contributed by atoms with E-state index in [-0.39, 0.29) is 23.2 Å². The molecule has 1 aliphatic heterocycles. The van der Waals surface area contributed by atoms with Gasteiger partial charge in [-0.05, 0) is 60.6 Å². The van der Waals surface area contributed by atoms with E-state index in [0.717, 1.165) is 11.8 Å². The molecule has 33 heavy (non-hydrogen) atoms. The standard InChI is InChI=1S/C24H23N3O5S/c1-13(2)12-27-21(20(26-24(27)33)17-5-3-4-8-25-17)19-7-6-18(32-19)14-9-15(22(28)29)11-16(10-14)23(30)31/h3-11,13,20-21H,12H2,1-2H3,(H,26,33)(H,28,29)(H,30,31)/t20-,21+/m1/s1. The van der Waals surface area contributed by atoms with Crippen molar-refractivity contribution in [2.75, 3.05) is 6.54 Å². The van der Waals surface area contributed by atoms with Crippen molar-refractivity contribution in [3.05, 3.63) is 77.3 Å². The Morgan fingerprint density at radius 1 is 1.12 bits per heavy atom. The van der Waals surface area contributed by atoms with Crippen molar-refractivity contribution in [1.82, 2.24) is 15.2 Å². The van der Waals surface area contributed by atoms with E-state index in [2.05, 4.69) is 29.0 Å². The molecule has 0 bridgehead atoms. The molecule has 3 aromatic rings. The Hall–Kier alpha value is -3.72. The summed E-state index contributed by atoms with van der Waals surface area (Å²) in [5.74, 6) is -1.09. The van der Waals surface area contributed by atoms with Gasteiger partial charge in [-0.2, -0.15) is 0 Å². The number of rotatable bonds is 7. The largest absolute Gasteiger partial charge is 0.478 e. The van der Waals surface area contributed by atoms with Gasteiger partial charge in [0.1, 0.15) is 17.6 Å². The first-order valence-electron chi connectivity index (χ1n) is 10.4. The summed E-state index contributed by atoms with van der Waals surface area (Å²) in [5.41, 5.74) is 0.936. The molecule has 1 saturated heterocycles. The van der Waals surface area contributed by atoms with Crippen LogP contribution >= 0.6 is 12.2 Å². The molecule has 8 nitrogen and oxygen atoms in total. The Bertz CT molecular complexity index is 1180. The second kappa shape index (κ2) is 9.03. The third-order valence-corrected chi connectivity index (χ3v) is 5.74. The number of nitrogens with zero attached hydrogens (tertiary/aromatic N) is 2. The summed E-state index contributed by atoms with van der Waals surface area (Å²) in [5, 5.41) is 22.7. The number of nitrogens with one attached hydrogen (secondary N) is 1. The normalized spacial score (nSPS) is 17.9. The first-order chi connectivity index (χ1) is 15.7. The molecule has 1 fully saturated rings. The number of hydrogen-bond acceptors (Lipinski definition) is 5. The smallest absolute Gasteiger partial charge is 0.335 e. The zero-order valence-electron chi connectivity index (χ0n) is 18.1. The fourth-order valence-corrected chi connectivity index (χ4v) is 4.30. The van der Waals surface area contributed by atoms with Gasteiger partial charge in [-0.15, -0.1) is 0 Å². The number of pyridine rings is 1. The highest BCUT2D eigenvalue weighted by Gasteiger charge is 2.41. The molecule has 0 unspecified atom stereocenters. The van der Waals surface area contributed by atoms with Gasteiger partial charge in [-0.3, -0.25) is 4.98 Å². The Labute approximate surface area is 195 Å². The van der Waals surface area contributed by atoms with Crippen molar-refractivity contribution in [3.8, 4) is 11.3 Å². The van der Waals surface area contributed by atoms with Crippen LogP contribution in [-0.2, 0) is 0 Å². The number of hydrogen-bond donors (Lipinski definition) is 3. The van der Waals surface area contributed by atoms with Crippen molar-refractivity contribution >= 4 is 29.3 Å². The van der Waals surface area contributed by atoms with Crippen molar-refractivity contribution in [3.63, 3.8) is 0 Å². The molecule has 3 heterocycles. The summed E-state index contributed by atoms with van der Waals surface area (Å²) in [6, 6.07) is 12.6. The maximum atomic E-state index is 11.5. The number of aromatic nitrogens is 1. The molecular formula is C24H23N3O5S. The van der Waals surface area contributed by atoms with Crippen LogP contribution in [0.1, 0.15) is 58.1 Å². The Morgan fingerprint density at radius 2 is 1.82 bits per heavy atom. The van der Waals surface area contributed by atoms with Crippen LogP contribution in [0.25, 0.3) is 11.3 Å². The van der Waals surface area contributed by atoms with Gasteiger partial charge in [0.25, 0.3) is 0 Å². The fourth-order valence-electron chi connectivity index (χ4n) is 3.99. The minimum Gasteiger partial charge on any atom is -0.478 e. The molecule has 0 amide bonds. The number of aromatic carboxylic acids is 2. The minimum absolute atomic E-state index is 0.126. The molecule has 0 saturated carbocycles. The minimum atomic E-state index is -1.21. The SMILES string of the molecule is CC(C)CN1C(=S)N[C@H](c2ccccn2)[C@@H]1c1ccc(-c2cc(C(=O)O)cc(C(=O)O)c2)o1. The summed E-state index contributed by atoms with van der Waals surface area (Å²) in [6.07, 6.45) is 1.72. The zero-order valence-corrected chi connectivity index (χ0v) is 18.9. The lowest BCUT2D eigenvalue weighted by Gasteiger charge is -2.27. The zero-order chi connectivity index (χ0) is 23.7. The van der Waals surface area contributed by atoms with Crippen LogP contribution in [0.4, 0.5) is 0 Å². The average Bonchev–Trinajstić information content (AvgIpc) is 3.39. The van der Waals surface area contributed by atoms with E-state index in [0.29, 0.717) is 34.7 Å². The van der Waals surface area contributed by atoms with Gasteiger partial charge in [0, 0.05) is 18.3 Å². The molecule has 0 aliphatic carbocycles. The van der Waals surface area contributed by atoms with E-state index in [1.165, 1.54) is 12.1 Å². The molecule has 2 atom stereocenters. The first-order valence-corrected chi connectivity index (χ1v) is 10.8. The van der Waals surface area contributed by atoms with E-state index >= 15 is 0 Å². The summed E-state index contributed by atoms with van der Waals surface area (Å²) >= 11 is 5.62. The average molecular weight is 466 g/mol. The molecule has 2 aromatic heterocycles. The van der Waals surface area contributed by atoms with Gasteiger partial charge < -0.3 is 24.8 Å². The van der Waals surface area contributed by atoms with Crippen molar-refractivity contribution in [2.45, 2.75) is 25.9 Å². The Morgan fingerprint density at radius 3 is 2.39 bits per heavy atom. The van der Waals surface area contributed by atoms with Crippen molar-refractivity contribution < 1.29 is 24.2 Å². The molecule has 0 spiro atoms. The number of furan rings is 1. The van der Waals surface area contributed by atoms with E-state index in [1.54, 1.807) is 12.3 Å². The van der Waals surface area contributed by atoms with E-state index in [4.69, 9.17) is 16.6 Å². The monoisotopic (exact) mass is 465 g/mol. The molecule has 3 N–H and O–H groups in total. The highest BCUT2D eigenvalue weighted by atomic mass is 32.1. The van der Waals surface area contributed by atoms with Gasteiger partial charge in [0.05, 0.1) is 22.9 Å². The van der Waals surface area contributed by atoms with Gasteiger partial charge in [0.15, 0.2) is 5.11 Å². The van der Waals surface area contributed by atoms with Gasteiger partial charge in [-0.25, -0.2) is 9.59 Å². The lowest BCUT2D eigenvalue weighted by atomic mass is 10.0.